The number of ether oxygens (including phenoxy) is 1. The smallest absolute Gasteiger partial charge is 0.188 e. The fourth-order valence-electron chi connectivity index (χ4n) is 1.31. The first kappa shape index (κ1) is 12.9. The molecule has 1 radical (unpaired) electrons. The number of rotatable bonds is 9. The number of hydrogen-bond acceptors (Lipinski definition) is 1. The van der Waals surface area contributed by atoms with E-state index in [1.54, 1.807) is 6.92 Å². The van der Waals surface area contributed by atoms with Gasteiger partial charge in [-0.3, -0.25) is 0 Å². The van der Waals surface area contributed by atoms with Gasteiger partial charge in [0.2, 0.25) is 0 Å². The van der Waals surface area contributed by atoms with Crippen molar-refractivity contribution in [1.82, 2.24) is 0 Å². The average Bonchev–Trinajstić information content (AvgIpc) is 2.09. The Labute approximate surface area is 82.3 Å². The van der Waals surface area contributed by atoms with Crippen LogP contribution in [0.25, 0.3) is 0 Å². The average molecular weight is 187 g/mol. The molecule has 0 bridgehead atoms. The molecular formula is C11H23O2. The highest BCUT2D eigenvalue weighted by atomic mass is 16.6. The van der Waals surface area contributed by atoms with Gasteiger partial charge in [-0.25, -0.2) is 5.11 Å². The molecular weight excluding hydrogens is 164 g/mol. The highest BCUT2D eigenvalue weighted by Gasteiger charge is 1.95. The minimum Gasteiger partial charge on any atom is -0.350 e. The Morgan fingerprint density at radius 1 is 1.00 bits per heavy atom. The molecule has 1 atom stereocenters. The van der Waals surface area contributed by atoms with Crippen molar-refractivity contribution in [1.29, 1.82) is 0 Å². The lowest BCUT2D eigenvalue weighted by Crippen LogP contribution is -2.05. The van der Waals surface area contributed by atoms with Crippen LogP contribution in [0.3, 0.4) is 0 Å². The van der Waals surface area contributed by atoms with Gasteiger partial charge >= 0.3 is 0 Å². The van der Waals surface area contributed by atoms with E-state index in [0.29, 0.717) is 6.61 Å². The zero-order valence-electron chi connectivity index (χ0n) is 9.05. The topological polar surface area (TPSA) is 29.1 Å². The Balaban J connectivity index is 2.84. The van der Waals surface area contributed by atoms with Crippen LogP contribution in [0.2, 0.25) is 0 Å². The molecule has 2 heteroatoms. The summed E-state index contributed by atoms with van der Waals surface area (Å²) >= 11 is 0. The molecule has 0 aromatic heterocycles. The first-order chi connectivity index (χ1) is 6.27. The predicted molar refractivity (Wildman–Crippen MR) is 54.1 cm³/mol. The van der Waals surface area contributed by atoms with Gasteiger partial charge in [0.1, 0.15) is 0 Å². The SMILES string of the molecule is CCCCCCCCCOC(C)[O]. The number of unbranched alkanes of at least 4 members (excludes halogenated alkanes) is 6. The van der Waals surface area contributed by atoms with E-state index >= 15 is 0 Å². The summed E-state index contributed by atoms with van der Waals surface area (Å²) < 4.78 is 4.91. The van der Waals surface area contributed by atoms with Gasteiger partial charge in [-0.2, -0.15) is 0 Å². The lowest BCUT2D eigenvalue weighted by molar-refractivity contribution is -0.127. The summed E-state index contributed by atoms with van der Waals surface area (Å²) in [5, 5.41) is 10.5. The molecule has 13 heavy (non-hydrogen) atoms. The molecule has 0 heterocycles. The molecule has 0 aliphatic rings. The van der Waals surface area contributed by atoms with Gasteiger partial charge in [0.15, 0.2) is 6.29 Å². The van der Waals surface area contributed by atoms with E-state index in [-0.39, 0.29) is 0 Å². The molecule has 0 rings (SSSR count). The van der Waals surface area contributed by atoms with Crippen molar-refractivity contribution >= 4 is 0 Å². The largest absolute Gasteiger partial charge is 0.350 e. The third-order valence-electron chi connectivity index (χ3n) is 2.10. The summed E-state index contributed by atoms with van der Waals surface area (Å²) in [6.07, 6.45) is 8.03. The van der Waals surface area contributed by atoms with Crippen LogP contribution in [0.1, 0.15) is 58.8 Å². The molecule has 2 nitrogen and oxygen atoms in total. The second-order valence-electron chi connectivity index (χ2n) is 3.56. The zero-order valence-corrected chi connectivity index (χ0v) is 9.05. The minimum absolute atomic E-state index is 0.637. The molecule has 1 unspecified atom stereocenters. The molecule has 0 aliphatic heterocycles. The molecule has 0 saturated carbocycles. The highest BCUT2D eigenvalue weighted by molar-refractivity contribution is 4.44. The molecule has 0 aromatic carbocycles. The van der Waals surface area contributed by atoms with Gasteiger partial charge < -0.3 is 4.74 Å². The maximum absolute atomic E-state index is 10.5. The monoisotopic (exact) mass is 187 g/mol. The van der Waals surface area contributed by atoms with Gasteiger partial charge in [0.25, 0.3) is 0 Å². The first-order valence-corrected chi connectivity index (χ1v) is 5.54. The third kappa shape index (κ3) is 11.9. The molecule has 0 saturated heterocycles. The van der Waals surface area contributed by atoms with Crippen LogP contribution in [0.4, 0.5) is 0 Å². The molecule has 0 amide bonds. The van der Waals surface area contributed by atoms with Crippen molar-refractivity contribution in [2.75, 3.05) is 6.61 Å². The molecule has 0 spiro atoms. The molecule has 0 aliphatic carbocycles. The molecule has 79 valence electrons. The van der Waals surface area contributed by atoms with Crippen molar-refractivity contribution in [3.63, 3.8) is 0 Å². The van der Waals surface area contributed by atoms with Gasteiger partial charge in [0.05, 0.1) is 0 Å². The predicted octanol–water partition coefficient (Wildman–Crippen LogP) is 3.53. The van der Waals surface area contributed by atoms with E-state index < -0.39 is 6.29 Å². The van der Waals surface area contributed by atoms with Crippen LogP contribution < -0.4 is 0 Å². The van der Waals surface area contributed by atoms with E-state index in [4.69, 9.17) is 4.74 Å². The van der Waals surface area contributed by atoms with E-state index in [9.17, 15) is 5.11 Å². The van der Waals surface area contributed by atoms with Crippen LogP contribution in [0.15, 0.2) is 0 Å². The van der Waals surface area contributed by atoms with Crippen LogP contribution >= 0.6 is 0 Å². The molecule has 0 aromatic rings. The van der Waals surface area contributed by atoms with Crippen LogP contribution in [0.5, 0.6) is 0 Å². The zero-order chi connectivity index (χ0) is 9.94. The fourth-order valence-corrected chi connectivity index (χ4v) is 1.31. The summed E-state index contributed by atoms with van der Waals surface area (Å²) in [4.78, 5) is 0. The van der Waals surface area contributed by atoms with Crippen LogP contribution in [0, 0.1) is 0 Å². The van der Waals surface area contributed by atoms with E-state index in [1.165, 1.54) is 38.5 Å². The lowest BCUT2D eigenvalue weighted by atomic mass is 10.1. The maximum Gasteiger partial charge on any atom is 0.188 e. The summed E-state index contributed by atoms with van der Waals surface area (Å²) in [6.45, 7) is 4.41. The van der Waals surface area contributed by atoms with E-state index in [1.807, 2.05) is 0 Å². The van der Waals surface area contributed by atoms with Crippen molar-refractivity contribution < 1.29 is 9.84 Å². The summed E-state index contributed by atoms with van der Waals surface area (Å²) in [7, 11) is 0. The first-order valence-electron chi connectivity index (χ1n) is 5.54. The van der Waals surface area contributed by atoms with Crippen molar-refractivity contribution in [3.05, 3.63) is 0 Å². The normalized spacial score (nSPS) is 13.2. The van der Waals surface area contributed by atoms with Gasteiger partial charge in [-0.1, -0.05) is 45.4 Å². The van der Waals surface area contributed by atoms with Gasteiger partial charge in [-0.05, 0) is 13.3 Å². The Bertz CT molecular complexity index is 92.1. The Morgan fingerprint density at radius 3 is 2.08 bits per heavy atom. The summed E-state index contributed by atoms with van der Waals surface area (Å²) in [5.41, 5.74) is 0. The minimum atomic E-state index is -0.847. The summed E-state index contributed by atoms with van der Waals surface area (Å²) in [5.74, 6) is 0. The van der Waals surface area contributed by atoms with Crippen LogP contribution in [-0.2, 0) is 9.84 Å². The Hall–Kier alpha value is -0.0800. The maximum atomic E-state index is 10.5. The molecule has 0 fully saturated rings. The van der Waals surface area contributed by atoms with E-state index in [2.05, 4.69) is 6.92 Å². The van der Waals surface area contributed by atoms with Gasteiger partial charge in [0, 0.05) is 6.61 Å². The van der Waals surface area contributed by atoms with Crippen molar-refractivity contribution in [2.45, 2.75) is 65.1 Å². The van der Waals surface area contributed by atoms with Crippen LogP contribution in [-0.4, -0.2) is 12.9 Å². The summed E-state index contributed by atoms with van der Waals surface area (Å²) in [6, 6.07) is 0. The number of hydrogen-bond donors (Lipinski definition) is 0. The fraction of sp³-hybridized carbons (Fsp3) is 1.00. The van der Waals surface area contributed by atoms with Crippen molar-refractivity contribution in [2.24, 2.45) is 0 Å². The standard InChI is InChI=1S/C11H23O2/c1-3-4-5-6-7-8-9-10-13-11(2)12/h11H,3-10H2,1-2H3. The van der Waals surface area contributed by atoms with Crippen molar-refractivity contribution in [3.8, 4) is 0 Å². The second kappa shape index (κ2) is 10.0. The lowest BCUT2D eigenvalue weighted by Gasteiger charge is -2.04. The van der Waals surface area contributed by atoms with Gasteiger partial charge in [-0.15, -0.1) is 0 Å². The second-order valence-corrected chi connectivity index (χ2v) is 3.56. The highest BCUT2D eigenvalue weighted by Crippen LogP contribution is 2.06. The van der Waals surface area contributed by atoms with E-state index in [0.717, 1.165) is 6.42 Å². The Morgan fingerprint density at radius 2 is 1.54 bits per heavy atom. The third-order valence-corrected chi connectivity index (χ3v) is 2.10. The Kier molecular flexibility index (Phi) is 9.94. The quantitative estimate of drug-likeness (QED) is 0.401. The molecule has 0 N–H and O–H groups in total.